The Morgan fingerprint density at radius 2 is 0.854 bits per heavy atom. The second-order valence-electron chi connectivity index (χ2n) is 12.1. The number of fused-ring (bicyclic) bond motifs is 8. The number of allylic oxidation sites excluding steroid dienone is 4. The zero-order valence-corrected chi connectivity index (χ0v) is 30.0. The second kappa shape index (κ2) is 14.9. The highest BCUT2D eigenvalue weighted by atomic mass is 35.5. The van der Waals surface area contributed by atoms with Gasteiger partial charge in [-0.15, -0.1) is 0 Å². The molecule has 48 heavy (non-hydrogen) atoms. The number of hydrogen-bond acceptors (Lipinski definition) is 6. The molecule has 3 aromatic rings. The average molecular weight is 729 g/mol. The van der Waals surface area contributed by atoms with Gasteiger partial charge in [0.25, 0.3) is 0 Å². The quantitative estimate of drug-likeness (QED) is 0.179. The van der Waals surface area contributed by atoms with E-state index in [2.05, 4.69) is 9.97 Å². The van der Waals surface area contributed by atoms with Crippen LogP contribution in [0.2, 0.25) is 0 Å². The second-order valence-corrected chi connectivity index (χ2v) is 13.8. The fraction of sp³-hybridized carbons (Fsp3) is 0.333. The lowest BCUT2D eigenvalue weighted by molar-refractivity contribution is -0.112. The van der Waals surface area contributed by atoms with Crippen LogP contribution >= 0.6 is 46.4 Å². The van der Waals surface area contributed by atoms with Gasteiger partial charge in [-0.2, -0.15) is 0 Å². The molecule has 0 amide bonds. The van der Waals surface area contributed by atoms with E-state index in [4.69, 9.17) is 56.4 Å². The standard InChI is InChI=1S/C36H34Cl4N4O4/c1-17-21(5-9-33(37)45)29-14-26-19(3)23(7-11-35(39)47)31(43-26)16-28-20(4)24(8-12-36(40)48)32(44-28)15-27-18(2)22(6-10-34(38)46)30(42-27)13-25(17)41-29/h13-16,41-42H,5-12H2,1-4H3. The molecule has 2 N–H and O–H groups in total. The average Bonchev–Trinajstić information content (AvgIpc) is 3.66. The Labute approximate surface area is 298 Å². The summed E-state index contributed by atoms with van der Waals surface area (Å²) in [6.45, 7) is 7.87. The smallest absolute Gasteiger partial charge is 0.221 e. The first-order chi connectivity index (χ1) is 22.7. The van der Waals surface area contributed by atoms with Crippen molar-refractivity contribution < 1.29 is 19.2 Å². The molecule has 3 aromatic heterocycles. The summed E-state index contributed by atoms with van der Waals surface area (Å²) >= 11 is 23.1. The van der Waals surface area contributed by atoms with Crippen LogP contribution in [0.5, 0.6) is 0 Å². The molecule has 0 radical (unpaired) electrons. The van der Waals surface area contributed by atoms with Crippen molar-refractivity contribution in [2.24, 2.45) is 0 Å². The Morgan fingerprint density at radius 1 is 0.500 bits per heavy atom. The van der Waals surface area contributed by atoms with Crippen molar-refractivity contribution in [1.82, 2.24) is 19.9 Å². The summed E-state index contributed by atoms with van der Waals surface area (Å²) in [4.78, 5) is 64.4. The molecule has 0 fully saturated rings. The van der Waals surface area contributed by atoms with E-state index in [1.165, 1.54) is 0 Å². The molecule has 0 unspecified atom stereocenters. The summed E-state index contributed by atoms with van der Waals surface area (Å²) in [7, 11) is 0. The van der Waals surface area contributed by atoms with E-state index in [1.807, 2.05) is 52.0 Å². The Kier molecular flexibility index (Phi) is 11.1. The lowest BCUT2D eigenvalue weighted by Gasteiger charge is -2.04. The minimum Gasteiger partial charge on any atom is -0.355 e. The predicted molar refractivity (Wildman–Crippen MR) is 194 cm³/mol. The van der Waals surface area contributed by atoms with E-state index in [0.717, 1.165) is 66.6 Å². The van der Waals surface area contributed by atoms with Crippen LogP contribution in [-0.4, -0.2) is 40.9 Å². The third kappa shape index (κ3) is 7.84. The fourth-order valence-electron chi connectivity index (χ4n) is 6.38. The number of hydrogen-bond donors (Lipinski definition) is 2. The first kappa shape index (κ1) is 35.7. The molecule has 5 heterocycles. The Morgan fingerprint density at radius 3 is 1.31 bits per heavy atom. The van der Waals surface area contributed by atoms with Gasteiger partial charge < -0.3 is 9.97 Å². The Balaban J connectivity index is 1.91. The van der Waals surface area contributed by atoms with Crippen molar-refractivity contribution in [2.75, 3.05) is 0 Å². The fourth-order valence-corrected chi connectivity index (χ4v) is 6.76. The van der Waals surface area contributed by atoms with E-state index in [9.17, 15) is 19.2 Å². The van der Waals surface area contributed by atoms with Gasteiger partial charge in [-0.1, -0.05) is 0 Å². The summed E-state index contributed by atoms with van der Waals surface area (Å²) in [5, 5.41) is -1.75. The highest BCUT2D eigenvalue weighted by Gasteiger charge is 2.23. The van der Waals surface area contributed by atoms with Gasteiger partial charge in [-0.25, -0.2) is 9.97 Å². The van der Waals surface area contributed by atoms with E-state index in [0.29, 0.717) is 48.5 Å². The molecule has 250 valence electrons. The highest BCUT2D eigenvalue weighted by Crippen LogP contribution is 2.38. The number of halogens is 4. The molecule has 0 spiro atoms. The molecule has 2 aliphatic heterocycles. The number of carbonyl (C=O) groups is 4. The van der Waals surface area contributed by atoms with Crippen molar-refractivity contribution in [1.29, 1.82) is 0 Å². The van der Waals surface area contributed by atoms with Gasteiger partial charge in [0.15, 0.2) is 0 Å². The normalized spacial score (nSPS) is 13.0. The van der Waals surface area contributed by atoms with Crippen LogP contribution in [0.15, 0.2) is 24.3 Å². The Bertz CT molecular complexity index is 2110. The number of aromatic nitrogens is 4. The summed E-state index contributed by atoms with van der Waals surface area (Å²) < 4.78 is 0. The lowest BCUT2D eigenvalue weighted by atomic mass is 9.99. The summed E-state index contributed by atoms with van der Waals surface area (Å²) in [5.41, 5.74) is 13.2. The maximum atomic E-state index is 11.8. The molecule has 0 saturated carbocycles. The predicted octanol–water partition coefficient (Wildman–Crippen LogP) is 9.28. The maximum Gasteiger partial charge on any atom is 0.221 e. The number of nitrogens with zero attached hydrogens (tertiary/aromatic N) is 2. The molecule has 0 atom stereocenters. The molecule has 0 saturated heterocycles. The zero-order valence-electron chi connectivity index (χ0n) is 27.0. The van der Waals surface area contributed by atoms with E-state index in [-0.39, 0.29) is 25.7 Å². The highest BCUT2D eigenvalue weighted by molar-refractivity contribution is 6.64. The molecule has 12 heteroatoms. The minimum absolute atomic E-state index is 0.138. The topological polar surface area (TPSA) is 126 Å². The summed E-state index contributed by atoms with van der Waals surface area (Å²) in [5.74, 6) is 0. The maximum absolute atomic E-state index is 11.8. The zero-order chi connectivity index (χ0) is 34.9. The molecular formula is C36H34Cl4N4O4. The third-order valence-electron chi connectivity index (χ3n) is 9.09. The summed E-state index contributed by atoms with van der Waals surface area (Å²) in [6, 6.07) is 7.79. The van der Waals surface area contributed by atoms with Gasteiger partial charge in [0.05, 0.1) is 22.8 Å². The van der Waals surface area contributed by atoms with Crippen molar-refractivity contribution in [3.8, 4) is 0 Å². The molecule has 0 aliphatic carbocycles. The molecule has 0 aromatic carbocycles. The van der Waals surface area contributed by atoms with Gasteiger partial charge >= 0.3 is 0 Å². The monoisotopic (exact) mass is 726 g/mol. The number of H-pyrrole nitrogens is 2. The van der Waals surface area contributed by atoms with E-state index in [1.54, 1.807) is 0 Å². The van der Waals surface area contributed by atoms with Gasteiger partial charge in [0.1, 0.15) is 0 Å². The number of nitrogens with one attached hydrogen (secondary N) is 2. The number of carbonyl (C=O) groups excluding carboxylic acids is 4. The van der Waals surface area contributed by atoms with Crippen LogP contribution in [0.1, 0.15) is 97.4 Å². The van der Waals surface area contributed by atoms with Crippen LogP contribution in [0.3, 0.4) is 0 Å². The first-order valence-corrected chi connectivity index (χ1v) is 17.1. The Hall–Kier alpha value is -3.56. The largest absolute Gasteiger partial charge is 0.355 e. The molecule has 2 aliphatic rings. The van der Waals surface area contributed by atoms with Gasteiger partial charge in [-0.3, -0.25) is 19.2 Å². The minimum atomic E-state index is -0.443. The van der Waals surface area contributed by atoms with Crippen molar-refractivity contribution >= 4 is 112 Å². The van der Waals surface area contributed by atoms with Crippen LogP contribution < -0.4 is 0 Å². The van der Waals surface area contributed by atoms with Gasteiger partial charge in [-0.05, 0) is 169 Å². The molecule has 8 nitrogen and oxygen atoms in total. The van der Waals surface area contributed by atoms with E-state index >= 15 is 0 Å². The van der Waals surface area contributed by atoms with Gasteiger partial charge in [0, 0.05) is 47.8 Å². The summed E-state index contributed by atoms with van der Waals surface area (Å²) in [6.07, 6.45) is 2.21. The van der Waals surface area contributed by atoms with Crippen LogP contribution in [0, 0.1) is 13.8 Å². The lowest BCUT2D eigenvalue weighted by Crippen LogP contribution is -1.93. The number of rotatable bonds is 12. The van der Waals surface area contributed by atoms with Crippen LogP contribution in [0.4, 0.5) is 0 Å². The van der Waals surface area contributed by atoms with Crippen molar-refractivity contribution in [2.45, 2.75) is 79.1 Å². The molecular weight excluding hydrogens is 694 g/mol. The van der Waals surface area contributed by atoms with Gasteiger partial charge in [0.2, 0.25) is 21.0 Å². The van der Waals surface area contributed by atoms with Crippen LogP contribution in [0.25, 0.3) is 44.4 Å². The molecule has 8 bridgehead atoms. The number of aromatic amines is 2. The molecule has 5 rings (SSSR count). The van der Waals surface area contributed by atoms with E-state index < -0.39 is 21.0 Å². The van der Waals surface area contributed by atoms with Crippen molar-refractivity contribution in [3.05, 3.63) is 69.3 Å². The third-order valence-corrected chi connectivity index (χ3v) is 9.84. The van der Waals surface area contributed by atoms with Crippen LogP contribution in [-0.2, 0) is 32.0 Å². The number of aryl methyl sites for hydroxylation is 4. The SMILES string of the molecule is CC1=C(CCC(=O)Cl)c2cc3nc(cc4[nH]c(cc5[nH]c(cc1n2)c(CCC(=O)Cl)c5C)c(CCC(=O)Cl)c4C)C(CCC(=O)Cl)=C3C. The first-order valence-electron chi connectivity index (χ1n) is 15.6. The van der Waals surface area contributed by atoms with Crippen molar-refractivity contribution in [3.63, 3.8) is 0 Å².